The van der Waals surface area contributed by atoms with Gasteiger partial charge in [-0.2, -0.15) is 0 Å². The van der Waals surface area contributed by atoms with Crippen LogP contribution in [0, 0.1) is 13.8 Å². The van der Waals surface area contributed by atoms with Crippen LogP contribution in [-0.2, 0) is 0 Å². The molecule has 1 aliphatic rings. The van der Waals surface area contributed by atoms with Gasteiger partial charge < -0.3 is 0 Å². The Labute approximate surface area is 78.8 Å². The molecule has 0 saturated heterocycles. The lowest BCUT2D eigenvalue weighted by Crippen LogP contribution is -1.95. The van der Waals surface area contributed by atoms with Crippen molar-refractivity contribution in [3.05, 3.63) is 34.4 Å². The molecule has 2 rings (SSSR count). The van der Waals surface area contributed by atoms with Crippen molar-refractivity contribution in [1.29, 1.82) is 0 Å². The summed E-state index contributed by atoms with van der Waals surface area (Å²) in [6, 6.07) is 4.24. The summed E-state index contributed by atoms with van der Waals surface area (Å²) in [5.41, 5.74) is 4.64. The van der Waals surface area contributed by atoms with E-state index in [0.29, 0.717) is 18.1 Å². The van der Waals surface area contributed by atoms with Crippen LogP contribution in [0.15, 0.2) is 12.1 Å². The van der Waals surface area contributed by atoms with Crippen molar-refractivity contribution in [2.75, 3.05) is 0 Å². The summed E-state index contributed by atoms with van der Waals surface area (Å²) in [5.74, 6) is 0.737. The average molecular weight is 174 g/mol. The van der Waals surface area contributed by atoms with Gasteiger partial charge in [-0.15, -0.1) is 0 Å². The van der Waals surface area contributed by atoms with Crippen LogP contribution in [0.2, 0.25) is 0 Å². The van der Waals surface area contributed by atoms with Crippen LogP contribution in [0.4, 0.5) is 0 Å². The highest BCUT2D eigenvalue weighted by Gasteiger charge is 2.27. The molecule has 0 bridgehead atoms. The van der Waals surface area contributed by atoms with Gasteiger partial charge in [0.25, 0.3) is 0 Å². The molecular weight excluding hydrogens is 160 g/mol. The van der Waals surface area contributed by atoms with Gasteiger partial charge in [-0.25, -0.2) is 0 Å². The normalized spacial score (nSPS) is 20.5. The van der Waals surface area contributed by atoms with Crippen LogP contribution >= 0.6 is 0 Å². The third-order valence-corrected chi connectivity index (χ3v) is 2.81. The van der Waals surface area contributed by atoms with Gasteiger partial charge in [0.15, 0.2) is 5.78 Å². The molecule has 1 aromatic carbocycles. The van der Waals surface area contributed by atoms with Crippen LogP contribution in [0.5, 0.6) is 0 Å². The van der Waals surface area contributed by atoms with Crippen LogP contribution in [-0.4, -0.2) is 5.78 Å². The first-order chi connectivity index (χ1) is 6.09. The highest BCUT2D eigenvalue weighted by Crippen LogP contribution is 2.35. The van der Waals surface area contributed by atoms with E-state index in [-0.39, 0.29) is 0 Å². The van der Waals surface area contributed by atoms with E-state index in [1.807, 2.05) is 6.92 Å². The summed E-state index contributed by atoms with van der Waals surface area (Å²) in [4.78, 5) is 11.6. The molecule has 1 aromatic rings. The molecule has 0 radical (unpaired) electrons. The lowest BCUT2D eigenvalue weighted by atomic mass is 9.98. The quantitative estimate of drug-likeness (QED) is 0.591. The SMILES string of the molecule is Cc1cc(C)c2c(c1)C(C)CC2=O. The Balaban J connectivity index is 2.69. The third kappa shape index (κ3) is 1.19. The summed E-state index contributed by atoms with van der Waals surface area (Å²) in [6.45, 7) is 6.24. The molecule has 0 saturated carbocycles. The van der Waals surface area contributed by atoms with Crippen molar-refractivity contribution in [2.45, 2.75) is 33.1 Å². The molecule has 0 N–H and O–H groups in total. The molecule has 0 heterocycles. The van der Waals surface area contributed by atoms with E-state index in [0.717, 1.165) is 11.1 Å². The second-order valence-corrected chi connectivity index (χ2v) is 4.07. The monoisotopic (exact) mass is 174 g/mol. The molecule has 0 aliphatic heterocycles. The number of Topliss-reactive ketones (excluding diaryl/α,β-unsaturated/α-hetero) is 1. The minimum Gasteiger partial charge on any atom is -0.294 e. The van der Waals surface area contributed by atoms with E-state index in [1.165, 1.54) is 11.1 Å². The third-order valence-electron chi connectivity index (χ3n) is 2.81. The second kappa shape index (κ2) is 2.69. The number of benzene rings is 1. The minimum atomic E-state index is 0.319. The molecule has 0 aromatic heterocycles. The summed E-state index contributed by atoms with van der Waals surface area (Å²) in [7, 11) is 0. The van der Waals surface area contributed by atoms with Gasteiger partial charge in [0.2, 0.25) is 0 Å². The van der Waals surface area contributed by atoms with Gasteiger partial charge in [0.1, 0.15) is 0 Å². The first kappa shape index (κ1) is 8.49. The molecule has 68 valence electrons. The van der Waals surface area contributed by atoms with Gasteiger partial charge in [-0.05, 0) is 30.9 Å². The molecule has 0 amide bonds. The number of rotatable bonds is 0. The lowest BCUT2D eigenvalue weighted by molar-refractivity contribution is 0.0989. The predicted molar refractivity (Wildman–Crippen MR) is 53.3 cm³/mol. The van der Waals surface area contributed by atoms with Crippen molar-refractivity contribution < 1.29 is 4.79 Å². The van der Waals surface area contributed by atoms with E-state index < -0.39 is 0 Å². The van der Waals surface area contributed by atoms with Crippen molar-refractivity contribution >= 4 is 5.78 Å². The molecule has 13 heavy (non-hydrogen) atoms. The zero-order valence-corrected chi connectivity index (χ0v) is 8.35. The highest BCUT2D eigenvalue weighted by atomic mass is 16.1. The number of hydrogen-bond donors (Lipinski definition) is 0. The first-order valence-electron chi connectivity index (χ1n) is 4.74. The Hall–Kier alpha value is -1.11. The standard InChI is InChI=1S/C12H14O/c1-7-4-9(3)12-10(5-7)8(2)6-11(12)13/h4-5,8H,6H2,1-3H3. The van der Waals surface area contributed by atoms with Crippen molar-refractivity contribution in [2.24, 2.45) is 0 Å². The summed E-state index contributed by atoms with van der Waals surface area (Å²) in [6.07, 6.45) is 0.694. The molecule has 1 atom stereocenters. The van der Waals surface area contributed by atoms with Crippen LogP contribution < -0.4 is 0 Å². The van der Waals surface area contributed by atoms with E-state index >= 15 is 0 Å². The van der Waals surface area contributed by atoms with Crippen LogP contribution in [0.1, 0.15) is 46.3 Å². The van der Waals surface area contributed by atoms with Gasteiger partial charge in [0.05, 0.1) is 0 Å². The van der Waals surface area contributed by atoms with Crippen LogP contribution in [0.25, 0.3) is 0 Å². The molecule has 0 spiro atoms. The Morgan fingerprint density at radius 3 is 2.69 bits per heavy atom. The van der Waals surface area contributed by atoms with Crippen molar-refractivity contribution in [3.8, 4) is 0 Å². The zero-order chi connectivity index (χ0) is 9.59. The minimum absolute atomic E-state index is 0.319. The lowest BCUT2D eigenvalue weighted by Gasteiger charge is -2.06. The Morgan fingerprint density at radius 2 is 2.00 bits per heavy atom. The van der Waals surface area contributed by atoms with Gasteiger partial charge in [-0.3, -0.25) is 4.79 Å². The number of ketones is 1. The Kier molecular flexibility index (Phi) is 1.76. The largest absolute Gasteiger partial charge is 0.294 e. The average Bonchev–Trinajstić information content (AvgIpc) is 2.27. The van der Waals surface area contributed by atoms with Gasteiger partial charge in [0, 0.05) is 12.0 Å². The fraction of sp³-hybridized carbons (Fsp3) is 0.417. The van der Waals surface area contributed by atoms with Gasteiger partial charge in [-0.1, -0.05) is 24.6 Å². The number of carbonyl (C=O) groups excluding carboxylic acids is 1. The summed E-state index contributed by atoms with van der Waals surface area (Å²) in [5, 5.41) is 0. The second-order valence-electron chi connectivity index (χ2n) is 4.07. The Morgan fingerprint density at radius 1 is 1.31 bits per heavy atom. The summed E-state index contributed by atoms with van der Waals surface area (Å²) < 4.78 is 0. The van der Waals surface area contributed by atoms with E-state index in [1.54, 1.807) is 0 Å². The number of carbonyl (C=O) groups is 1. The predicted octanol–water partition coefficient (Wildman–Crippen LogP) is 2.99. The van der Waals surface area contributed by atoms with E-state index in [9.17, 15) is 4.79 Å². The van der Waals surface area contributed by atoms with Crippen molar-refractivity contribution in [1.82, 2.24) is 0 Å². The molecule has 1 aliphatic carbocycles. The maximum absolute atomic E-state index is 11.6. The number of aryl methyl sites for hydroxylation is 2. The van der Waals surface area contributed by atoms with E-state index in [2.05, 4.69) is 26.0 Å². The maximum atomic E-state index is 11.6. The van der Waals surface area contributed by atoms with Crippen LogP contribution in [0.3, 0.4) is 0 Å². The number of fused-ring (bicyclic) bond motifs is 1. The fourth-order valence-corrected chi connectivity index (χ4v) is 2.26. The number of hydrogen-bond acceptors (Lipinski definition) is 1. The maximum Gasteiger partial charge on any atom is 0.164 e. The molecule has 0 fully saturated rings. The fourth-order valence-electron chi connectivity index (χ4n) is 2.26. The molecule has 1 nitrogen and oxygen atoms in total. The van der Waals surface area contributed by atoms with Crippen molar-refractivity contribution in [3.63, 3.8) is 0 Å². The first-order valence-corrected chi connectivity index (χ1v) is 4.74. The smallest absolute Gasteiger partial charge is 0.164 e. The highest BCUT2D eigenvalue weighted by molar-refractivity contribution is 6.02. The topological polar surface area (TPSA) is 17.1 Å². The molecule has 1 unspecified atom stereocenters. The Bertz CT molecular complexity index is 377. The molecule has 1 heteroatoms. The van der Waals surface area contributed by atoms with Gasteiger partial charge >= 0.3 is 0 Å². The molecular formula is C12H14O. The summed E-state index contributed by atoms with van der Waals surface area (Å²) >= 11 is 0. The zero-order valence-electron chi connectivity index (χ0n) is 8.35. The van der Waals surface area contributed by atoms with E-state index in [4.69, 9.17) is 0 Å².